The second-order valence-corrected chi connectivity index (χ2v) is 7.37. The van der Waals surface area contributed by atoms with Crippen LogP contribution in [0.3, 0.4) is 0 Å². The van der Waals surface area contributed by atoms with Crippen molar-refractivity contribution >= 4 is 0 Å². The summed E-state index contributed by atoms with van der Waals surface area (Å²) in [5.41, 5.74) is 0.624. The Hall–Kier alpha value is -0.0800. The molecule has 3 rings (SSSR count). The van der Waals surface area contributed by atoms with Gasteiger partial charge in [-0.2, -0.15) is 0 Å². The normalized spacial score (nSPS) is 38.7. The molecule has 3 saturated carbocycles. The Morgan fingerprint density at radius 1 is 0.842 bits per heavy atom. The quantitative estimate of drug-likeness (QED) is 0.816. The first-order chi connectivity index (χ1) is 9.34. The van der Waals surface area contributed by atoms with E-state index in [9.17, 15) is 5.11 Å². The van der Waals surface area contributed by atoms with Gasteiger partial charge in [0.1, 0.15) is 0 Å². The summed E-state index contributed by atoms with van der Waals surface area (Å²) in [5, 5.41) is 13.5. The van der Waals surface area contributed by atoms with E-state index in [2.05, 4.69) is 5.32 Å². The molecule has 3 atom stereocenters. The molecule has 1 spiro atoms. The molecule has 3 aliphatic carbocycles. The zero-order chi connectivity index (χ0) is 13.1. The van der Waals surface area contributed by atoms with Crippen molar-refractivity contribution < 1.29 is 5.11 Å². The predicted octanol–water partition coefficient (Wildman–Crippen LogP) is 3.63. The van der Waals surface area contributed by atoms with E-state index >= 15 is 0 Å². The molecule has 110 valence electrons. The van der Waals surface area contributed by atoms with Crippen molar-refractivity contribution in [2.45, 2.75) is 89.1 Å². The van der Waals surface area contributed by atoms with E-state index in [-0.39, 0.29) is 0 Å². The van der Waals surface area contributed by atoms with Crippen molar-refractivity contribution in [2.75, 3.05) is 6.61 Å². The predicted molar refractivity (Wildman–Crippen MR) is 79.1 cm³/mol. The van der Waals surface area contributed by atoms with Crippen molar-refractivity contribution in [3.05, 3.63) is 0 Å². The van der Waals surface area contributed by atoms with Gasteiger partial charge in [-0.15, -0.1) is 0 Å². The van der Waals surface area contributed by atoms with Gasteiger partial charge in [-0.05, 0) is 49.9 Å². The molecule has 0 saturated heterocycles. The molecule has 3 aliphatic rings. The minimum absolute atomic E-state index is 0.386. The van der Waals surface area contributed by atoms with Gasteiger partial charge in [-0.3, -0.25) is 0 Å². The molecule has 0 aromatic rings. The minimum atomic E-state index is 0.386. The molecule has 19 heavy (non-hydrogen) atoms. The number of rotatable bonds is 3. The van der Waals surface area contributed by atoms with Crippen molar-refractivity contribution in [3.63, 3.8) is 0 Å². The first kappa shape index (κ1) is 13.9. The molecule has 0 aromatic heterocycles. The van der Waals surface area contributed by atoms with Crippen LogP contribution < -0.4 is 5.32 Å². The average molecular weight is 265 g/mol. The third-order valence-corrected chi connectivity index (χ3v) is 6.31. The number of aliphatic hydroxyl groups is 1. The van der Waals surface area contributed by atoms with Crippen molar-refractivity contribution in [2.24, 2.45) is 11.3 Å². The van der Waals surface area contributed by atoms with Crippen LogP contribution in [0.1, 0.15) is 77.0 Å². The van der Waals surface area contributed by atoms with Crippen LogP contribution in [0.2, 0.25) is 0 Å². The SMILES string of the molecule is OC[C@@H]1CCC[C@@H]1N[C@@H]1CCCCC12CCCCC2. The molecule has 0 unspecified atom stereocenters. The summed E-state index contributed by atoms with van der Waals surface area (Å²) in [5.74, 6) is 0.530. The first-order valence-corrected chi connectivity index (χ1v) is 8.71. The molecule has 0 amide bonds. The Kier molecular flexibility index (Phi) is 4.48. The van der Waals surface area contributed by atoms with Crippen LogP contribution in [0.4, 0.5) is 0 Å². The number of aliphatic hydroxyl groups excluding tert-OH is 1. The summed E-state index contributed by atoms with van der Waals surface area (Å²) in [6.07, 6.45) is 16.8. The second-order valence-electron chi connectivity index (χ2n) is 7.37. The lowest BCUT2D eigenvalue weighted by Crippen LogP contribution is -2.53. The Bertz CT molecular complexity index is 277. The highest BCUT2D eigenvalue weighted by Crippen LogP contribution is 2.48. The highest BCUT2D eigenvalue weighted by molar-refractivity contribution is 4.98. The molecule has 0 aromatic carbocycles. The maximum atomic E-state index is 9.53. The van der Waals surface area contributed by atoms with Crippen molar-refractivity contribution in [3.8, 4) is 0 Å². The Morgan fingerprint density at radius 2 is 1.58 bits per heavy atom. The van der Waals surface area contributed by atoms with Gasteiger partial charge in [0.05, 0.1) is 0 Å². The molecule has 2 heteroatoms. The summed E-state index contributed by atoms with van der Waals surface area (Å²) >= 11 is 0. The molecule has 2 nitrogen and oxygen atoms in total. The van der Waals surface area contributed by atoms with E-state index in [4.69, 9.17) is 0 Å². The monoisotopic (exact) mass is 265 g/mol. The lowest BCUT2D eigenvalue weighted by atomic mass is 9.62. The van der Waals surface area contributed by atoms with E-state index < -0.39 is 0 Å². The summed E-state index contributed by atoms with van der Waals surface area (Å²) in [6, 6.07) is 1.35. The molecular weight excluding hydrogens is 234 g/mol. The third-order valence-electron chi connectivity index (χ3n) is 6.31. The first-order valence-electron chi connectivity index (χ1n) is 8.71. The highest BCUT2D eigenvalue weighted by Gasteiger charge is 2.42. The summed E-state index contributed by atoms with van der Waals surface area (Å²) in [7, 11) is 0. The largest absolute Gasteiger partial charge is 0.396 e. The lowest BCUT2D eigenvalue weighted by molar-refractivity contribution is 0.0603. The Morgan fingerprint density at radius 3 is 2.32 bits per heavy atom. The molecule has 3 fully saturated rings. The van der Waals surface area contributed by atoms with Gasteiger partial charge in [0, 0.05) is 18.7 Å². The van der Waals surface area contributed by atoms with Crippen LogP contribution in [0.15, 0.2) is 0 Å². The number of nitrogens with one attached hydrogen (secondary N) is 1. The summed E-state index contributed by atoms with van der Waals surface area (Å²) in [6.45, 7) is 0.386. The lowest BCUT2D eigenvalue weighted by Gasteiger charge is -2.48. The van der Waals surface area contributed by atoms with Crippen LogP contribution in [-0.2, 0) is 0 Å². The van der Waals surface area contributed by atoms with Crippen LogP contribution in [0.25, 0.3) is 0 Å². The fourth-order valence-corrected chi connectivity index (χ4v) is 5.15. The van der Waals surface area contributed by atoms with Crippen molar-refractivity contribution in [1.29, 1.82) is 0 Å². The molecule has 0 bridgehead atoms. The maximum Gasteiger partial charge on any atom is 0.0474 e. The van der Waals surface area contributed by atoms with Gasteiger partial charge < -0.3 is 10.4 Å². The van der Waals surface area contributed by atoms with Gasteiger partial charge in [-0.1, -0.05) is 38.5 Å². The Balaban J connectivity index is 1.66. The smallest absolute Gasteiger partial charge is 0.0474 e. The van der Waals surface area contributed by atoms with Gasteiger partial charge in [0.2, 0.25) is 0 Å². The topological polar surface area (TPSA) is 32.3 Å². The van der Waals surface area contributed by atoms with Crippen LogP contribution in [-0.4, -0.2) is 23.8 Å². The standard InChI is InChI=1S/C17H31NO/c19-13-14-7-6-8-15(14)18-16-9-2-5-12-17(16)10-3-1-4-11-17/h14-16,18-19H,1-13H2/t14-,15-,16+/m0/s1. The maximum absolute atomic E-state index is 9.53. The number of hydrogen-bond donors (Lipinski definition) is 2. The molecule has 0 aliphatic heterocycles. The molecular formula is C17H31NO. The van der Waals surface area contributed by atoms with E-state index in [1.54, 1.807) is 0 Å². The van der Waals surface area contributed by atoms with E-state index in [0.717, 1.165) is 6.04 Å². The zero-order valence-electron chi connectivity index (χ0n) is 12.4. The van der Waals surface area contributed by atoms with Crippen LogP contribution in [0.5, 0.6) is 0 Å². The number of hydrogen-bond acceptors (Lipinski definition) is 2. The highest BCUT2D eigenvalue weighted by atomic mass is 16.3. The second kappa shape index (κ2) is 6.13. The molecule has 2 N–H and O–H groups in total. The summed E-state index contributed by atoms with van der Waals surface area (Å²) in [4.78, 5) is 0. The van der Waals surface area contributed by atoms with Crippen molar-refractivity contribution in [1.82, 2.24) is 5.32 Å². The van der Waals surface area contributed by atoms with Gasteiger partial charge in [0.25, 0.3) is 0 Å². The van der Waals surface area contributed by atoms with Crippen LogP contribution >= 0.6 is 0 Å². The third kappa shape index (κ3) is 2.85. The fraction of sp³-hybridized carbons (Fsp3) is 1.00. The van der Waals surface area contributed by atoms with E-state index in [1.165, 1.54) is 77.0 Å². The molecule has 0 heterocycles. The zero-order valence-corrected chi connectivity index (χ0v) is 12.4. The van der Waals surface area contributed by atoms with Gasteiger partial charge >= 0.3 is 0 Å². The van der Waals surface area contributed by atoms with E-state index in [0.29, 0.717) is 24.0 Å². The van der Waals surface area contributed by atoms with Gasteiger partial charge in [0.15, 0.2) is 0 Å². The van der Waals surface area contributed by atoms with Gasteiger partial charge in [-0.25, -0.2) is 0 Å². The summed E-state index contributed by atoms with van der Waals surface area (Å²) < 4.78 is 0. The van der Waals surface area contributed by atoms with Crippen LogP contribution in [0, 0.1) is 11.3 Å². The van der Waals surface area contributed by atoms with E-state index in [1.807, 2.05) is 0 Å². The fourth-order valence-electron chi connectivity index (χ4n) is 5.15. The molecule has 0 radical (unpaired) electrons. The minimum Gasteiger partial charge on any atom is -0.396 e. The average Bonchev–Trinajstić information content (AvgIpc) is 2.90. The Labute approximate surface area is 118 Å².